The maximum atomic E-state index is 11.5. The summed E-state index contributed by atoms with van der Waals surface area (Å²) in [7, 11) is 0. The molecule has 0 unspecified atom stereocenters. The molecule has 3 aromatic rings. The van der Waals surface area contributed by atoms with Gasteiger partial charge in [0, 0.05) is 11.5 Å². The Morgan fingerprint density at radius 3 is 2.04 bits per heavy atom. The van der Waals surface area contributed by atoms with E-state index in [2.05, 4.69) is 0 Å². The zero-order valence-electron chi connectivity index (χ0n) is 11.4. The number of aromatic carboxylic acids is 1. The summed E-state index contributed by atoms with van der Waals surface area (Å²) in [5.74, 6) is -1.58. The highest BCUT2D eigenvalue weighted by Gasteiger charge is 2.34. The van der Waals surface area contributed by atoms with Crippen molar-refractivity contribution in [2.75, 3.05) is 0 Å². The molecule has 0 radical (unpaired) electrons. The number of nitro benzene ring substituents is 2. The van der Waals surface area contributed by atoms with Gasteiger partial charge in [-0.05, 0) is 28.3 Å². The first-order valence-corrected chi connectivity index (χ1v) is 6.41. The Balaban J connectivity index is 2.58. The van der Waals surface area contributed by atoms with Gasteiger partial charge >= 0.3 is 17.3 Å². The first-order chi connectivity index (χ1) is 10.9. The third-order valence-electron chi connectivity index (χ3n) is 3.55. The molecule has 0 saturated heterocycles. The average Bonchev–Trinajstić information content (AvgIpc) is 2.50. The third-order valence-corrected chi connectivity index (χ3v) is 3.55. The highest BCUT2D eigenvalue weighted by molar-refractivity contribution is 6.12. The van der Waals surface area contributed by atoms with E-state index in [4.69, 9.17) is 0 Å². The van der Waals surface area contributed by atoms with Crippen molar-refractivity contribution < 1.29 is 19.7 Å². The maximum absolute atomic E-state index is 11.5. The number of carbonyl (C=O) groups is 1. The van der Waals surface area contributed by atoms with Crippen LogP contribution in [0, 0.1) is 20.2 Å². The number of carboxylic acid groups (broad SMARTS) is 1. The lowest BCUT2D eigenvalue weighted by Gasteiger charge is -2.07. The van der Waals surface area contributed by atoms with Gasteiger partial charge in [0.25, 0.3) is 0 Å². The van der Waals surface area contributed by atoms with Crippen LogP contribution in [0.5, 0.6) is 0 Å². The topological polar surface area (TPSA) is 124 Å². The molecule has 0 aromatic heterocycles. The predicted molar refractivity (Wildman–Crippen MR) is 81.7 cm³/mol. The second kappa shape index (κ2) is 5.02. The van der Waals surface area contributed by atoms with E-state index in [0.29, 0.717) is 5.39 Å². The summed E-state index contributed by atoms with van der Waals surface area (Å²) in [6.07, 6.45) is 0. The lowest BCUT2D eigenvalue weighted by molar-refractivity contribution is -0.422. The number of nitro groups is 2. The first kappa shape index (κ1) is 14.4. The van der Waals surface area contributed by atoms with Crippen molar-refractivity contribution in [1.82, 2.24) is 0 Å². The van der Waals surface area contributed by atoms with Crippen molar-refractivity contribution in [1.29, 1.82) is 0 Å². The van der Waals surface area contributed by atoms with Gasteiger partial charge in [-0.1, -0.05) is 24.3 Å². The molecule has 3 rings (SSSR count). The van der Waals surface area contributed by atoms with Crippen molar-refractivity contribution in [3.05, 3.63) is 68.3 Å². The van der Waals surface area contributed by atoms with Gasteiger partial charge in [0.15, 0.2) is 5.56 Å². The van der Waals surface area contributed by atoms with Crippen LogP contribution >= 0.6 is 0 Å². The monoisotopic (exact) mass is 312 g/mol. The van der Waals surface area contributed by atoms with Crippen LogP contribution in [0.4, 0.5) is 11.4 Å². The number of benzene rings is 3. The number of rotatable bonds is 3. The second-order valence-electron chi connectivity index (χ2n) is 4.86. The molecule has 0 spiro atoms. The standard InChI is InChI=1S/C15H8N2O6/c18-15(19)13-11-6-9-4-2-1-3-8(9)5-10(11)7-12(16(20)21)14(13)17(22)23/h1-7H,(H,18,19). The summed E-state index contributed by atoms with van der Waals surface area (Å²) in [6, 6.07) is 11.1. The minimum Gasteiger partial charge on any atom is -0.477 e. The molecule has 0 fully saturated rings. The van der Waals surface area contributed by atoms with Crippen LogP contribution < -0.4 is 0 Å². The van der Waals surface area contributed by atoms with E-state index in [9.17, 15) is 30.1 Å². The lowest BCUT2D eigenvalue weighted by Crippen LogP contribution is -2.07. The Morgan fingerprint density at radius 2 is 1.52 bits per heavy atom. The lowest BCUT2D eigenvalue weighted by atomic mass is 9.97. The normalized spacial score (nSPS) is 10.8. The maximum Gasteiger partial charge on any atom is 0.361 e. The Bertz CT molecular complexity index is 1010. The van der Waals surface area contributed by atoms with Crippen LogP contribution in [0.2, 0.25) is 0 Å². The summed E-state index contributed by atoms with van der Waals surface area (Å²) in [5, 5.41) is 33.5. The largest absolute Gasteiger partial charge is 0.477 e. The summed E-state index contributed by atoms with van der Waals surface area (Å²) in [6.45, 7) is 0. The molecule has 0 atom stereocenters. The van der Waals surface area contributed by atoms with Crippen LogP contribution in [0.15, 0.2) is 42.5 Å². The van der Waals surface area contributed by atoms with E-state index in [1.807, 2.05) is 0 Å². The van der Waals surface area contributed by atoms with E-state index in [-0.39, 0.29) is 10.8 Å². The van der Waals surface area contributed by atoms with Gasteiger partial charge in [-0.3, -0.25) is 20.2 Å². The van der Waals surface area contributed by atoms with Crippen molar-refractivity contribution in [2.45, 2.75) is 0 Å². The predicted octanol–water partition coefficient (Wildman–Crippen LogP) is 3.51. The number of hydrogen-bond donors (Lipinski definition) is 1. The van der Waals surface area contributed by atoms with Crippen LogP contribution in [0.1, 0.15) is 10.4 Å². The first-order valence-electron chi connectivity index (χ1n) is 6.41. The van der Waals surface area contributed by atoms with E-state index in [0.717, 1.165) is 11.5 Å². The van der Waals surface area contributed by atoms with E-state index in [1.54, 1.807) is 30.3 Å². The molecule has 8 nitrogen and oxygen atoms in total. The molecule has 1 N–H and O–H groups in total. The summed E-state index contributed by atoms with van der Waals surface area (Å²) in [5.41, 5.74) is -2.52. The summed E-state index contributed by atoms with van der Waals surface area (Å²) in [4.78, 5) is 31.9. The van der Waals surface area contributed by atoms with Gasteiger partial charge in [-0.2, -0.15) is 0 Å². The molecule has 114 valence electrons. The number of carboxylic acids is 1. The fraction of sp³-hybridized carbons (Fsp3) is 0. The molecular formula is C15H8N2O6. The Morgan fingerprint density at radius 1 is 0.913 bits per heavy atom. The van der Waals surface area contributed by atoms with Gasteiger partial charge in [0.2, 0.25) is 0 Å². The Labute approximate surface area is 127 Å². The molecule has 0 aliphatic heterocycles. The molecule has 0 bridgehead atoms. The van der Waals surface area contributed by atoms with Crippen molar-refractivity contribution in [2.24, 2.45) is 0 Å². The van der Waals surface area contributed by atoms with Crippen LogP contribution in [0.3, 0.4) is 0 Å². The van der Waals surface area contributed by atoms with Crippen molar-refractivity contribution >= 4 is 38.9 Å². The molecule has 23 heavy (non-hydrogen) atoms. The van der Waals surface area contributed by atoms with Crippen LogP contribution in [0.25, 0.3) is 21.5 Å². The van der Waals surface area contributed by atoms with Crippen molar-refractivity contribution in [3.8, 4) is 0 Å². The molecule has 0 heterocycles. The number of hydrogen-bond acceptors (Lipinski definition) is 5. The van der Waals surface area contributed by atoms with E-state index >= 15 is 0 Å². The number of nitrogens with zero attached hydrogens (tertiary/aromatic N) is 2. The van der Waals surface area contributed by atoms with Crippen LogP contribution in [-0.2, 0) is 0 Å². The molecule has 8 heteroatoms. The average molecular weight is 312 g/mol. The Kier molecular flexibility index (Phi) is 3.14. The quantitative estimate of drug-likeness (QED) is 0.448. The van der Waals surface area contributed by atoms with Gasteiger partial charge in [-0.15, -0.1) is 0 Å². The second-order valence-corrected chi connectivity index (χ2v) is 4.86. The summed E-state index contributed by atoms with van der Waals surface area (Å²) < 4.78 is 0. The van der Waals surface area contributed by atoms with Crippen molar-refractivity contribution in [3.63, 3.8) is 0 Å². The molecule has 0 aliphatic carbocycles. The number of fused-ring (bicyclic) bond motifs is 2. The molecule has 0 aliphatic rings. The Hall–Kier alpha value is -3.55. The fourth-order valence-corrected chi connectivity index (χ4v) is 2.61. The minimum absolute atomic E-state index is 0.0912. The van der Waals surface area contributed by atoms with Gasteiger partial charge in [0.05, 0.1) is 9.85 Å². The van der Waals surface area contributed by atoms with Gasteiger partial charge in [-0.25, -0.2) is 4.79 Å². The molecule has 3 aromatic carbocycles. The van der Waals surface area contributed by atoms with E-state index < -0.39 is 32.8 Å². The van der Waals surface area contributed by atoms with E-state index in [1.165, 1.54) is 6.07 Å². The molecular weight excluding hydrogens is 304 g/mol. The SMILES string of the molecule is O=C(O)c1c([N+](=O)[O-])c([N+](=O)[O-])cc2cc3ccccc3cc12. The van der Waals surface area contributed by atoms with Gasteiger partial charge in [0.1, 0.15) is 0 Å². The zero-order chi connectivity index (χ0) is 16.7. The van der Waals surface area contributed by atoms with Crippen LogP contribution in [-0.4, -0.2) is 20.9 Å². The highest BCUT2D eigenvalue weighted by atomic mass is 16.6. The molecule has 0 saturated carbocycles. The summed E-state index contributed by atoms with van der Waals surface area (Å²) >= 11 is 0. The highest BCUT2D eigenvalue weighted by Crippen LogP contribution is 2.38. The fourth-order valence-electron chi connectivity index (χ4n) is 2.61. The third kappa shape index (κ3) is 2.22. The minimum atomic E-state index is -1.58. The van der Waals surface area contributed by atoms with Gasteiger partial charge < -0.3 is 5.11 Å². The molecule has 0 amide bonds. The zero-order valence-corrected chi connectivity index (χ0v) is 11.4. The smallest absolute Gasteiger partial charge is 0.361 e.